The zero-order chi connectivity index (χ0) is 33.5. The lowest BCUT2D eigenvalue weighted by Crippen LogP contribution is -2.09. The minimum Gasteiger partial charge on any atom is -0.456 e. The van der Waals surface area contributed by atoms with Crippen molar-refractivity contribution in [1.29, 1.82) is 0 Å². The molecule has 11 rings (SSSR count). The molecule has 0 aliphatic carbocycles. The van der Waals surface area contributed by atoms with Crippen LogP contribution >= 0.6 is 11.3 Å². The minimum absolute atomic E-state index is 0.896. The number of fused-ring (bicyclic) bond motifs is 11. The van der Waals surface area contributed by atoms with Crippen LogP contribution < -0.4 is 4.90 Å². The molecule has 0 saturated heterocycles. The topological polar surface area (TPSA) is 16.4 Å². The van der Waals surface area contributed by atoms with E-state index in [1.807, 2.05) is 23.5 Å². The van der Waals surface area contributed by atoms with Crippen molar-refractivity contribution in [2.45, 2.75) is 0 Å². The first kappa shape index (κ1) is 28.4. The third kappa shape index (κ3) is 4.49. The van der Waals surface area contributed by atoms with Crippen LogP contribution in [0.15, 0.2) is 180 Å². The van der Waals surface area contributed by atoms with E-state index in [9.17, 15) is 0 Å². The number of thiophene rings is 1. The first-order chi connectivity index (χ1) is 25.2. The quantitative estimate of drug-likeness (QED) is 0.174. The highest BCUT2D eigenvalue weighted by Gasteiger charge is 2.17. The fourth-order valence-corrected chi connectivity index (χ4v) is 9.11. The van der Waals surface area contributed by atoms with Crippen LogP contribution in [0.4, 0.5) is 17.1 Å². The van der Waals surface area contributed by atoms with Crippen LogP contribution in [0.25, 0.3) is 85.6 Å². The second-order valence-electron chi connectivity index (χ2n) is 13.3. The molecule has 2 aromatic heterocycles. The summed E-state index contributed by atoms with van der Waals surface area (Å²) in [7, 11) is 0. The molecule has 0 atom stereocenters. The van der Waals surface area contributed by atoms with Gasteiger partial charge in [0.05, 0.1) is 0 Å². The van der Waals surface area contributed by atoms with Crippen LogP contribution in [0.1, 0.15) is 0 Å². The largest absolute Gasteiger partial charge is 0.456 e. The lowest BCUT2D eigenvalue weighted by molar-refractivity contribution is 0.669. The van der Waals surface area contributed by atoms with Crippen LogP contribution in [0.3, 0.4) is 0 Å². The number of hydrogen-bond acceptors (Lipinski definition) is 3. The van der Waals surface area contributed by atoms with Gasteiger partial charge < -0.3 is 9.32 Å². The molecule has 0 aliphatic rings. The number of nitrogens with zero attached hydrogens (tertiary/aromatic N) is 1. The van der Waals surface area contributed by atoms with Crippen molar-refractivity contribution >= 4 is 103 Å². The normalized spacial score (nSPS) is 11.9. The van der Waals surface area contributed by atoms with Crippen molar-refractivity contribution in [3.8, 4) is 11.1 Å². The van der Waals surface area contributed by atoms with Gasteiger partial charge >= 0.3 is 0 Å². The van der Waals surface area contributed by atoms with Gasteiger partial charge in [0.1, 0.15) is 11.2 Å². The zero-order valence-corrected chi connectivity index (χ0v) is 28.3. The maximum atomic E-state index is 6.21. The Morgan fingerprint density at radius 2 is 0.961 bits per heavy atom. The Hall–Kier alpha value is -6.42. The van der Waals surface area contributed by atoms with Crippen molar-refractivity contribution in [3.05, 3.63) is 176 Å². The Morgan fingerprint density at radius 3 is 1.86 bits per heavy atom. The van der Waals surface area contributed by atoms with E-state index >= 15 is 0 Å². The van der Waals surface area contributed by atoms with E-state index < -0.39 is 0 Å². The summed E-state index contributed by atoms with van der Waals surface area (Å²) in [6.45, 7) is 0. The third-order valence-electron chi connectivity index (χ3n) is 10.4. The molecule has 0 unspecified atom stereocenters. The van der Waals surface area contributed by atoms with Gasteiger partial charge in [0.15, 0.2) is 0 Å². The fraction of sp³-hybridized carbons (Fsp3) is 0. The second kappa shape index (κ2) is 11.0. The Labute approximate surface area is 298 Å². The van der Waals surface area contributed by atoms with Gasteiger partial charge in [-0.15, -0.1) is 11.3 Å². The lowest BCUT2D eigenvalue weighted by Gasteiger charge is -2.26. The molecule has 0 aliphatic heterocycles. The molecule has 3 heteroatoms. The summed E-state index contributed by atoms with van der Waals surface area (Å²) in [4.78, 5) is 2.37. The molecular formula is C48H29NOS. The van der Waals surface area contributed by atoms with Gasteiger partial charge in [-0.2, -0.15) is 0 Å². The smallest absolute Gasteiger partial charge is 0.135 e. The van der Waals surface area contributed by atoms with Crippen LogP contribution in [0.2, 0.25) is 0 Å². The van der Waals surface area contributed by atoms with E-state index in [0.29, 0.717) is 0 Å². The Morgan fingerprint density at radius 1 is 0.353 bits per heavy atom. The predicted molar refractivity (Wildman–Crippen MR) is 219 cm³/mol. The van der Waals surface area contributed by atoms with Gasteiger partial charge in [-0.3, -0.25) is 0 Å². The zero-order valence-electron chi connectivity index (χ0n) is 27.5. The van der Waals surface area contributed by atoms with Crippen LogP contribution in [-0.4, -0.2) is 0 Å². The molecular weight excluding hydrogens is 639 g/mol. The SMILES string of the molecule is c1ccc2c(c1)ccc1ccc3cc(-c4ccc(N(c5ccc6c(c5)sc5ccccc56)c5ccc6oc7ccccc7c6c5)cc4)ccc3c12. The maximum Gasteiger partial charge on any atom is 0.135 e. The first-order valence-corrected chi connectivity index (χ1v) is 18.1. The van der Waals surface area contributed by atoms with Crippen LogP contribution in [0, 0.1) is 0 Å². The number of rotatable bonds is 4. The highest BCUT2D eigenvalue weighted by Crippen LogP contribution is 2.43. The maximum absolute atomic E-state index is 6.21. The van der Waals surface area contributed by atoms with Crippen LogP contribution in [-0.2, 0) is 0 Å². The van der Waals surface area contributed by atoms with E-state index in [-0.39, 0.29) is 0 Å². The molecule has 0 saturated carbocycles. The molecule has 0 bridgehead atoms. The number of furan rings is 1. The average molecular weight is 668 g/mol. The summed E-state index contributed by atoms with van der Waals surface area (Å²) in [6.07, 6.45) is 0. The highest BCUT2D eigenvalue weighted by molar-refractivity contribution is 7.25. The molecule has 9 aromatic carbocycles. The van der Waals surface area contributed by atoms with E-state index in [4.69, 9.17) is 4.42 Å². The second-order valence-corrected chi connectivity index (χ2v) is 14.4. The molecule has 0 amide bonds. The molecule has 11 aromatic rings. The summed E-state index contributed by atoms with van der Waals surface area (Å²) in [6, 6.07) is 63.9. The van der Waals surface area contributed by atoms with E-state index in [1.165, 1.54) is 63.6 Å². The summed E-state index contributed by atoms with van der Waals surface area (Å²) in [5, 5.41) is 12.5. The predicted octanol–water partition coefficient (Wildman–Crippen LogP) is 14.6. The third-order valence-corrected chi connectivity index (χ3v) is 11.6. The Bertz CT molecular complexity index is 3150. The molecule has 51 heavy (non-hydrogen) atoms. The molecule has 0 radical (unpaired) electrons. The number of para-hydroxylation sites is 1. The van der Waals surface area contributed by atoms with Crippen molar-refractivity contribution in [3.63, 3.8) is 0 Å². The number of benzene rings is 9. The number of anilines is 3. The fourth-order valence-electron chi connectivity index (χ4n) is 7.97. The molecule has 238 valence electrons. The average Bonchev–Trinajstić information content (AvgIpc) is 3.75. The van der Waals surface area contributed by atoms with Gasteiger partial charge in [-0.1, -0.05) is 115 Å². The highest BCUT2D eigenvalue weighted by atomic mass is 32.1. The van der Waals surface area contributed by atoms with E-state index in [1.54, 1.807) is 0 Å². The molecule has 2 heterocycles. The minimum atomic E-state index is 0.896. The molecule has 0 N–H and O–H groups in total. The first-order valence-electron chi connectivity index (χ1n) is 17.3. The molecule has 0 spiro atoms. The summed E-state index contributed by atoms with van der Waals surface area (Å²) < 4.78 is 8.80. The van der Waals surface area contributed by atoms with E-state index in [0.717, 1.165) is 39.0 Å². The number of hydrogen-bond donors (Lipinski definition) is 0. The monoisotopic (exact) mass is 667 g/mol. The van der Waals surface area contributed by atoms with E-state index in [2.05, 4.69) is 169 Å². The molecule has 2 nitrogen and oxygen atoms in total. The molecule has 0 fully saturated rings. The van der Waals surface area contributed by atoms with Crippen molar-refractivity contribution in [1.82, 2.24) is 0 Å². The van der Waals surface area contributed by atoms with Crippen LogP contribution in [0.5, 0.6) is 0 Å². The Balaban J connectivity index is 1.04. The van der Waals surface area contributed by atoms with Gasteiger partial charge in [-0.25, -0.2) is 0 Å². The van der Waals surface area contributed by atoms with Crippen molar-refractivity contribution in [2.24, 2.45) is 0 Å². The van der Waals surface area contributed by atoms with Crippen molar-refractivity contribution < 1.29 is 4.42 Å². The van der Waals surface area contributed by atoms with Gasteiger partial charge in [-0.05, 0) is 104 Å². The summed E-state index contributed by atoms with van der Waals surface area (Å²) in [5.41, 5.74) is 7.51. The van der Waals surface area contributed by atoms with Gasteiger partial charge in [0, 0.05) is 48.0 Å². The Kier molecular flexibility index (Phi) is 6.16. The summed E-state index contributed by atoms with van der Waals surface area (Å²) in [5.74, 6) is 0. The van der Waals surface area contributed by atoms with Gasteiger partial charge in [0.2, 0.25) is 0 Å². The summed E-state index contributed by atoms with van der Waals surface area (Å²) >= 11 is 1.85. The standard InChI is InChI=1S/C48H29NOS/c1-2-8-38-31(7-1)13-14-32-15-16-34-27-33(19-24-39(34)48(32)38)30-17-20-35(21-18-30)49(36-23-26-45-43(28-36)40-9-3-5-11-44(40)50-45)37-22-25-42-41-10-4-6-12-46(41)51-47(42)29-37/h1-29H. The van der Waals surface area contributed by atoms with Gasteiger partial charge in [0.25, 0.3) is 0 Å². The van der Waals surface area contributed by atoms with Crippen molar-refractivity contribution in [2.75, 3.05) is 4.90 Å². The lowest BCUT2D eigenvalue weighted by atomic mass is 9.94.